The zero-order valence-electron chi connectivity index (χ0n) is 15.1. The fraction of sp³-hybridized carbons (Fsp3) is 0.0952. The maximum atomic E-state index is 11.6. The number of carbonyl (C=O) groups is 1. The first-order valence-corrected chi connectivity index (χ1v) is 8.47. The summed E-state index contributed by atoms with van der Waals surface area (Å²) >= 11 is 0. The van der Waals surface area contributed by atoms with Gasteiger partial charge in [-0.05, 0) is 53.6 Å². The Morgan fingerprint density at radius 3 is 1.66 bits per heavy atom. The van der Waals surface area contributed by atoms with Crippen molar-refractivity contribution in [2.45, 2.75) is 13.2 Å². The third-order valence-corrected chi connectivity index (χ3v) is 3.91. The van der Waals surface area contributed by atoms with Gasteiger partial charge in [0.15, 0.2) is 0 Å². The number of carboxylic acid groups (broad SMARTS) is 1. The molecule has 0 bridgehead atoms. The van der Waals surface area contributed by atoms with Gasteiger partial charge >= 0.3 is 5.97 Å². The third kappa shape index (κ3) is 5.23. The minimum atomic E-state index is -1.22. The lowest BCUT2D eigenvalue weighted by Gasteiger charge is -2.12. The molecule has 0 heterocycles. The van der Waals surface area contributed by atoms with Crippen molar-refractivity contribution in [3.63, 3.8) is 0 Å². The van der Waals surface area contributed by atoms with Gasteiger partial charge in [0.1, 0.15) is 53.3 Å². The molecule has 0 aliphatic carbocycles. The van der Waals surface area contributed by atoms with Gasteiger partial charge in [-0.15, -0.1) is 0 Å². The van der Waals surface area contributed by atoms with Crippen molar-refractivity contribution in [1.29, 1.82) is 0 Å². The maximum absolute atomic E-state index is 11.6. The van der Waals surface area contributed by atoms with Crippen LogP contribution >= 0.6 is 0 Å². The van der Waals surface area contributed by atoms with Crippen molar-refractivity contribution in [3.05, 3.63) is 71.3 Å². The van der Waals surface area contributed by atoms with E-state index in [9.17, 15) is 30.3 Å². The Hall–Kier alpha value is -4.07. The Morgan fingerprint density at radius 1 is 0.690 bits per heavy atom. The Bertz CT molecular complexity index is 1000. The minimum Gasteiger partial charge on any atom is -0.508 e. The number of aromatic hydroxyl groups is 4. The van der Waals surface area contributed by atoms with Crippen molar-refractivity contribution < 1.29 is 39.8 Å². The average molecular weight is 398 g/mol. The zero-order valence-corrected chi connectivity index (χ0v) is 15.1. The second-order valence-electron chi connectivity index (χ2n) is 6.26. The topological polar surface area (TPSA) is 137 Å². The highest BCUT2D eigenvalue weighted by Crippen LogP contribution is 2.28. The van der Waals surface area contributed by atoms with E-state index in [4.69, 9.17) is 9.47 Å². The van der Waals surface area contributed by atoms with Crippen molar-refractivity contribution in [3.8, 4) is 34.5 Å². The van der Waals surface area contributed by atoms with Crippen molar-refractivity contribution in [1.82, 2.24) is 0 Å². The van der Waals surface area contributed by atoms with Crippen LogP contribution in [0.3, 0.4) is 0 Å². The first-order chi connectivity index (χ1) is 13.8. The molecule has 0 aromatic heterocycles. The molecule has 0 aliphatic heterocycles. The first-order valence-electron chi connectivity index (χ1n) is 8.47. The second-order valence-corrected chi connectivity index (χ2v) is 6.26. The lowest BCUT2D eigenvalue weighted by atomic mass is 10.1. The molecule has 8 heteroatoms. The highest BCUT2D eigenvalue weighted by Gasteiger charge is 2.14. The highest BCUT2D eigenvalue weighted by molar-refractivity contribution is 5.91. The molecule has 0 spiro atoms. The van der Waals surface area contributed by atoms with E-state index >= 15 is 0 Å². The number of rotatable bonds is 7. The van der Waals surface area contributed by atoms with Gasteiger partial charge in [0.2, 0.25) is 0 Å². The number of hydrogen-bond acceptors (Lipinski definition) is 7. The molecule has 3 aromatic rings. The molecule has 29 heavy (non-hydrogen) atoms. The maximum Gasteiger partial charge on any atom is 0.339 e. The van der Waals surface area contributed by atoms with Gasteiger partial charge in [0.25, 0.3) is 0 Å². The summed E-state index contributed by atoms with van der Waals surface area (Å²) in [6.45, 7) is -0.0607. The van der Waals surface area contributed by atoms with E-state index in [1.807, 2.05) is 0 Å². The van der Waals surface area contributed by atoms with Crippen LogP contribution in [0.4, 0.5) is 0 Å². The number of hydrogen-bond donors (Lipinski definition) is 5. The van der Waals surface area contributed by atoms with Crippen molar-refractivity contribution >= 4 is 5.97 Å². The Kier molecular flexibility index (Phi) is 5.64. The van der Waals surface area contributed by atoms with E-state index in [-0.39, 0.29) is 53.3 Å². The van der Waals surface area contributed by atoms with Crippen LogP contribution in [0.2, 0.25) is 0 Å². The third-order valence-electron chi connectivity index (χ3n) is 3.91. The normalized spacial score (nSPS) is 10.5. The summed E-state index contributed by atoms with van der Waals surface area (Å²) < 4.78 is 11.1. The molecule has 3 aromatic carbocycles. The van der Waals surface area contributed by atoms with Gasteiger partial charge in [0.05, 0.1) is 0 Å². The first kappa shape index (κ1) is 19.7. The van der Waals surface area contributed by atoms with Gasteiger partial charge in [-0.1, -0.05) is 0 Å². The standard InChI is InChI=1S/C21H18O8/c22-14-3-12(4-15(23)7-14)10-28-18-1-2-20(19(9-18)21(26)27)29-11-13-5-16(24)8-17(25)6-13/h1-9,22-25H,10-11H2,(H,26,27). The van der Waals surface area contributed by atoms with Crippen molar-refractivity contribution in [2.75, 3.05) is 0 Å². The Labute approximate surface area is 165 Å². The van der Waals surface area contributed by atoms with Crippen LogP contribution in [-0.4, -0.2) is 31.5 Å². The van der Waals surface area contributed by atoms with Crippen LogP contribution in [0.5, 0.6) is 34.5 Å². The van der Waals surface area contributed by atoms with Crippen LogP contribution in [0.1, 0.15) is 21.5 Å². The number of carboxylic acids is 1. The lowest BCUT2D eigenvalue weighted by Crippen LogP contribution is -2.04. The van der Waals surface area contributed by atoms with E-state index in [1.54, 1.807) is 0 Å². The van der Waals surface area contributed by atoms with Gasteiger partial charge < -0.3 is 35.0 Å². The van der Waals surface area contributed by atoms with Gasteiger partial charge in [-0.3, -0.25) is 0 Å². The van der Waals surface area contributed by atoms with E-state index < -0.39 is 5.97 Å². The molecular weight excluding hydrogens is 380 g/mol. The molecular formula is C21H18O8. The number of phenols is 4. The lowest BCUT2D eigenvalue weighted by molar-refractivity contribution is 0.0691. The van der Waals surface area contributed by atoms with Crippen LogP contribution in [-0.2, 0) is 13.2 Å². The summed E-state index contributed by atoms with van der Waals surface area (Å²) in [5.74, 6) is -1.38. The van der Waals surface area contributed by atoms with Crippen LogP contribution < -0.4 is 9.47 Å². The predicted octanol–water partition coefficient (Wildman–Crippen LogP) is 3.37. The van der Waals surface area contributed by atoms with E-state index in [2.05, 4.69) is 0 Å². The predicted molar refractivity (Wildman–Crippen MR) is 102 cm³/mol. The number of ether oxygens (including phenoxy) is 2. The highest BCUT2D eigenvalue weighted by atomic mass is 16.5. The molecule has 3 rings (SSSR count). The fourth-order valence-electron chi connectivity index (χ4n) is 2.70. The molecule has 0 unspecified atom stereocenters. The molecule has 0 saturated carbocycles. The van der Waals surface area contributed by atoms with Crippen LogP contribution in [0.25, 0.3) is 0 Å². The molecule has 150 valence electrons. The number of phenolic OH excluding ortho intramolecular Hbond substituents is 4. The summed E-state index contributed by atoms with van der Waals surface area (Å²) in [5, 5.41) is 47.4. The zero-order chi connectivity index (χ0) is 21.0. The molecule has 8 nitrogen and oxygen atoms in total. The van der Waals surface area contributed by atoms with E-state index in [0.717, 1.165) is 0 Å². The van der Waals surface area contributed by atoms with Gasteiger partial charge in [0, 0.05) is 12.1 Å². The van der Waals surface area contributed by atoms with E-state index in [0.29, 0.717) is 11.1 Å². The summed E-state index contributed by atoms with van der Waals surface area (Å²) in [4.78, 5) is 11.6. The van der Waals surface area contributed by atoms with Gasteiger partial charge in [-0.25, -0.2) is 4.79 Å². The van der Waals surface area contributed by atoms with E-state index in [1.165, 1.54) is 54.6 Å². The number of aromatic carboxylic acids is 1. The SMILES string of the molecule is O=C(O)c1cc(OCc2cc(O)cc(O)c2)ccc1OCc1cc(O)cc(O)c1. The van der Waals surface area contributed by atoms with Crippen molar-refractivity contribution in [2.24, 2.45) is 0 Å². The smallest absolute Gasteiger partial charge is 0.339 e. The molecule has 5 N–H and O–H groups in total. The molecule has 0 radical (unpaired) electrons. The molecule has 0 aliphatic rings. The number of benzene rings is 3. The summed E-state index contributed by atoms with van der Waals surface area (Å²) in [6.07, 6.45) is 0. The largest absolute Gasteiger partial charge is 0.508 e. The summed E-state index contributed by atoms with van der Waals surface area (Å²) in [6, 6.07) is 12.2. The Morgan fingerprint density at radius 2 is 1.17 bits per heavy atom. The average Bonchev–Trinajstić information content (AvgIpc) is 2.63. The molecule has 0 amide bonds. The van der Waals surface area contributed by atoms with Crippen LogP contribution in [0, 0.1) is 0 Å². The molecule has 0 fully saturated rings. The van der Waals surface area contributed by atoms with Crippen LogP contribution in [0.15, 0.2) is 54.6 Å². The minimum absolute atomic E-state index is 0.00376. The fourth-order valence-corrected chi connectivity index (χ4v) is 2.70. The van der Waals surface area contributed by atoms with Gasteiger partial charge in [-0.2, -0.15) is 0 Å². The monoisotopic (exact) mass is 398 g/mol. The summed E-state index contributed by atoms with van der Waals surface area (Å²) in [5.41, 5.74) is 0.830. The Balaban J connectivity index is 1.73. The molecule has 0 atom stereocenters. The second kappa shape index (κ2) is 8.30. The quantitative estimate of drug-likeness (QED) is 0.409. The molecule has 0 saturated heterocycles. The summed E-state index contributed by atoms with van der Waals surface area (Å²) in [7, 11) is 0.